The molecule has 0 saturated carbocycles. The quantitative estimate of drug-likeness (QED) is 0.485. The van der Waals surface area contributed by atoms with Gasteiger partial charge in [-0.25, -0.2) is 13.2 Å². The lowest BCUT2D eigenvalue weighted by molar-refractivity contribution is -0.125. The third kappa shape index (κ3) is 8.66. The maximum atomic E-state index is 13.2. The van der Waals surface area contributed by atoms with Gasteiger partial charge in [0.2, 0.25) is 15.9 Å². The number of amides is 2. The van der Waals surface area contributed by atoms with Crippen molar-refractivity contribution in [1.82, 2.24) is 14.9 Å². The van der Waals surface area contributed by atoms with Gasteiger partial charge in [0.15, 0.2) is 0 Å². The number of rotatable bonds is 8. The molecule has 1 aromatic carbocycles. The second kappa shape index (κ2) is 12.0. The lowest BCUT2D eigenvalue weighted by Gasteiger charge is -2.28. The molecule has 1 heterocycles. The van der Waals surface area contributed by atoms with E-state index in [9.17, 15) is 23.1 Å². The average molecular weight is 514 g/mol. The smallest absolute Gasteiger partial charge is 0.408 e. The molecule has 0 radical (unpaired) electrons. The zero-order chi connectivity index (χ0) is 26.4. The summed E-state index contributed by atoms with van der Waals surface area (Å²) in [6.07, 6.45) is -0.611. The Balaban J connectivity index is 2.10. The van der Waals surface area contributed by atoms with Gasteiger partial charge in [-0.15, -0.1) is 0 Å². The third-order valence-corrected chi connectivity index (χ3v) is 7.36. The lowest BCUT2D eigenvalue weighted by Crippen LogP contribution is -2.54. The van der Waals surface area contributed by atoms with Crippen molar-refractivity contribution in [2.75, 3.05) is 20.2 Å². The fourth-order valence-electron chi connectivity index (χ4n) is 3.84. The molecule has 1 aromatic rings. The second-order valence-corrected chi connectivity index (χ2v) is 12.1. The van der Waals surface area contributed by atoms with Crippen molar-refractivity contribution in [2.24, 2.45) is 5.92 Å². The number of hydrogen-bond donors (Lipinski definition) is 3. The Hall–Kier alpha value is -2.37. The van der Waals surface area contributed by atoms with Gasteiger partial charge in [0.05, 0.1) is 24.2 Å². The monoisotopic (exact) mass is 513 g/mol. The molecule has 35 heavy (non-hydrogen) atoms. The molecule has 198 valence electrons. The van der Waals surface area contributed by atoms with Crippen molar-refractivity contribution < 1.29 is 32.6 Å². The van der Waals surface area contributed by atoms with Crippen LogP contribution >= 0.6 is 0 Å². The number of nitrogens with one attached hydrogen (secondary N) is 2. The molecule has 11 heteroatoms. The SMILES string of the molecule is COc1cccc(S(=O)(=O)N2CCCC(NC(=O)C(CC(C)C)NC(=O)OC(C)(C)C)C(O)C2)c1. The highest BCUT2D eigenvalue weighted by atomic mass is 32.2. The van der Waals surface area contributed by atoms with Crippen LogP contribution in [0.15, 0.2) is 29.2 Å². The number of sulfonamides is 1. The van der Waals surface area contributed by atoms with Gasteiger partial charge in [-0.1, -0.05) is 19.9 Å². The van der Waals surface area contributed by atoms with Crippen LogP contribution in [0.3, 0.4) is 0 Å². The number of nitrogens with zero attached hydrogens (tertiary/aromatic N) is 1. The zero-order valence-corrected chi connectivity index (χ0v) is 22.2. The predicted molar refractivity (Wildman–Crippen MR) is 132 cm³/mol. The van der Waals surface area contributed by atoms with Gasteiger partial charge in [-0.05, 0) is 58.1 Å². The maximum Gasteiger partial charge on any atom is 0.408 e. The summed E-state index contributed by atoms with van der Waals surface area (Å²) in [5.41, 5.74) is -0.710. The van der Waals surface area contributed by atoms with Gasteiger partial charge in [0.25, 0.3) is 0 Å². The van der Waals surface area contributed by atoms with Crippen LogP contribution in [0.2, 0.25) is 0 Å². The van der Waals surface area contributed by atoms with E-state index in [1.54, 1.807) is 32.9 Å². The first-order valence-electron chi connectivity index (χ1n) is 11.8. The molecular formula is C24H39N3O7S. The largest absolute Gasteiger partial charge is 0.497 e. The van der Waals surface area contributed by atoms with Crippen molar-refractivity contribution in [3.8, 4) is 5.75 Å². The molecule has 10 nitrogen and oxygen atoms in total. The zero-order valence-electron chi connectivity index (χ0n) is 21.4. The number of carbonyl (C=O) groups excluding carboxylic acids is 2. The molecule has 0 bridgehead atoms. The number of carbonyl (C=O) groups is 2. The Kier molecular flexibility index (Phi) is 9.94. The number of benzene rings is 1. The van der Waals surface area contributed by atoms with E-state index in [-0.39, 0.29) is 23.9 Å². The van der Waals surface area contributed by atoms with Gasteiger partial charge in [-0.3, -0.25) is 4.79 Å². The van der Waals surface area contributed by atoms with Crippen LogP contribution in [0.1, 0.15) is 53.9 Å². The number of alkyl carbamates (subject to hydrolysis) is 1. The van der Waals surface area contributed by atoms with E-state index in [0.29, 0.717) is 25.0 Å². The van der Waals surface area contributed by atoms with Crippen molar-refractivity contribution >= 4 is 22.0 Å². The highest BCUT2D eigenvalue weighted by Crippen LogP contribution is 2.24. The molecular weight excluding hydrogens is 474 g/mol. The first kappa shape index (κ1) is 28.9. The topological polar surface area (TPSA) is 134 Å². The summed E-state index contributed by atoms with van der Waals surface area (Å²) in [5, 5.41) is 16.2. The summed E-state index contributed by atoms with van der Waals surface area (Å²) in [5.74, 6) is 0.0845. The molecule has 0 aromatic heterocycles. The van der Waals surface area contributed by atoms with E-state index in [1.165, 1.54) is 23.5 Å². The molecule has 3 unspecified atom stereocenters. The Morgan fingerprint density at radius 3 is 2.54 bits per heavy atom. The van der Waals surface area contributed by atoms with E-state index >= 15 is 0 Å². The summed E-state index contributed by atoms with van der Waals surface area (Å²) in [7, 11) is -2.40. The number of ether oxygens (including phenoxy) is 2. The molecule has 3 N–H and O–H groups in total. The van der Waals surface area contributed by atoms with Crippen LogP contribution in [0.5, 0.6) is 5.75 Å². The molecule has 0 aliphatic carbocycles. The minimum absolute atomic E-state index is 0.0742. The fraction of sp³-hybridized carbons (Fsp3) is 0.667. The standard InChI is InChI=1S/C24H39N3O7S/c1-16(2)13-20(26-23(30)34-24(3,4)5)22(29)25-19-11-8-12-27(15-21(19)28)35(31,32)18-10-7-9-17(14-18)33-6/h7,9-10,14,16,19-21,28H,8,11-13,15H2,1-6H3,(H,25,29)(H,26,30). The Labute approximate surface area is 208 Å². The van der Waals surface area contributed by atoms with Gasteiger partial charge in [0, 0.05) is 19.2 Å². The lowest BCUT2D eigenvalue weighted by atomic mass is 10.0. The van der Waals surface area contributed by atoms with E-state index in [0.717, 1.165) is 0 Å². The summed E-state index contributed by atoms with van der Waals surface area (Å²) in [6, 6.07) is 4.65. The van der Waals surface area contributed by atoms with Gasteiger partial charge in [-0.2, -0.15) is 4.31 Å². The number of β-amino-alcohol motifs (C(OH)–C–C–N with tert-alkyl or cyclic N) is 1. The second-order valence-electron chi connectivity index (χ2n) is 10.2. The molecule has 2 amide bonds. The van der Waals surface area contributed by atoms with Crippen LogP contribution in [0.4, 0.5) is 4.79 Å². The molecule has 2 rings (SSSR count). The van der Waals surface area contributed by atoms with Crippen molar-refractivity contribution in [3.05, 3.63) is 24.3 Å². The number of aliphatic hydroxyl groups excluding tert-OH is 1. The number of aliphatic hydroxyl groups is 1. The van der Waals surface area contributed by atoms with Crippen molar-refractivity contribution in [1.29, 1.82) is 0 Å². The molecule has 1 fully saturated rings. The first-order chi connectivity index (χ1) is 16.2. The number of methoxy groups -OCH3 is 1. The highest BCUT2D eigenvalue weighted by molar-refractivity contribution is 7.89. The third-order valence-electron chi connectivity index (χ3n) is 5.50. The van der Waals surface area contributed by atoms with Gasteiger partial charge >= 0.3 is 6.09 Å². The maximum absolute atomic E-state index is 13.2. The normalized spacial score (nSPS) is 20.6. The minimum atomic E-state index is -3.86. The molecule has 0 spiro atoms. The van der Waals surface area contributed by atoms with E-state index in [2.05, 4.69) is 10.6 Å². The summed E-state index contributed by atoms with van der Waals surface area (Å²) in [4.78, 5) is 25.4. The molecule has 1 aliphatic heterocycles. The minimum Gasteiger partial charge on any atom is -0.497 e. The Bertz CT molecular complexity index is 976. The van der Waals surface area contributed by atoms with Crippen LogP contribution < -0.4 is 15.4 Å². The van der Waals surface area contributed by atoms with Crippen molar-refractivity contribution in [2.45, 2.75) is 82.6 Å². The average Bonchev–Trinajstić information content (AvgIpc) is 2.93. The summed E-state index contributed by atoms with van der Waals surface area (Å²) < 4.78 is 37.9. The van der Waals surface area contributed by atoms with E-state index < -0.39 is 45.8 Å². The molecule has 3 atom stereocenters. The predicted octanol–water partition coefficient (Wildman–Crippen LogP) is 2.26. The van der Waals surface area contributed by atoms with E-state index in [4.69, 9.17) is 9.47 Å². The van der Waals surface area contributed by atoms with E-state index in [1.807, 2.05) is 13.8 Å². The van der Waals surface area contributed by atoms with Crippen LogP contribution in [-0.2, 0) is 19.6 Å². The molecule has 1 aliphatic rings. The first-order valence-corrected chi connectivity index (χ1v) is 13.3. The summed E-state index contributed by atoms with van der Waals surface area (Å²) >= 11 is 0. The highest BCUT2D eigenvalue weighted by Gasteiger charge is 2.35. The van der Waals surface area contributed by atoms with Crippen LogP contribution in [-0.4, -0.2) is 73.8 Å². The molecule has 1 saturated heterocycles. The van der Waals surface area contributed by atoms with Crippen LogP contribution in [0, 0.1) is 5.92 Å². The fourth-order valence-corrected chi connectivity index (χ4v) is 5.37. The van der Waals surface area contributed by atoms with Gasteiger partial charge in [0.1, 0.15) is 17.4 Å². The van der Waals surface area contributed by atoms with Gasteiger partial charge < -0.3 is 25.2 Å². The summed E-state index contributed by atoms with van der Waals surface area (Å²) in [6.45, 7) is 9.09. The Morgan fingerprint density at radius 1 is 1.26 bits per heavy atom. The van der Waals surface area contributed by atoms with Crippen molar-refractivity contribution in [3.63, 3.8) is 0 Å². The van der Waals surface area contributed by atoms with Crippen LogP contribution in [0.25, 0.3) is 0 Å². The Morgan fingerprint density at radius 2 is 1.94 bits per heavy atom. The number of hydrogen-bond acceptors (Lipinski definition) is 7.